The molecule has 0 bridgehead atoms. The van der Waals surface area contributed by atoms with E-state index in [4.69, 9.17) is 9.52 Å². The van der Waals surface area contributed by atoms with E-state index in [2.05, 4.69) is 20.3 Å². The molecule has 4 rings (SSSR count). The number of nitrogens with one attached hydrogen (secondary N) is 2. The highest BCUT2D eigenvalue weighted by Crippen LogP contribution is 2.32. The first kappa shape index (κ1) is 26.9. The minimum absolute atomic E-state index is 0.0665. The first-order valence-corrected chi connectivity index (χ1v) is 13.1. The summed E-state index contributed by atoms with van der Waals surface area (Å²) in [5, 5.41) is 2.98. The predicted octanol–water partition coefficient (Wildman–Crippen LogP) is 6.33. The van der Waals surface area contributed by atoms with Crippen LogP contribution in [-0.4, -0.2) is 25.4 Å². The average Bonchev–Trinajstić information content (AvgIpc) is 2.81. The average molecular weight is 550 g/mol. The molecule has 198 valence electrons. The van der Waals surface area contributed by atoms with E-state index < -0.39 is 39.7 Å². The summed E-state index contributed by atoms with van der Waals surface area (Å²) in [5.74, 6) is -1.58. The number of nitrogens with zero attached hydrogens (tertiary/aromatic N) is 3. The van der Waals surface area contributed by atoms with Crippen LogP contribution in [-0.2, 0) is 28.3 Å². The second-order valence-electron chi connectivity index (χ2n) is 8.38. The molecule has 4 aromatic rings. The van der Waals surface area contributed by atoms with Gasteiger partial charge in [0, 0.05) is 27.7 Å². The highest BCUT2D eigenvalue weighted by molar-refractivity contribution is 7.90. The zero-order chi connectivity index (χ0) is 27.5. The molecule has 0 amide bonds. The minimum atomic E-state index is -4.74. The molecule has 38 heavy (non-hydrogen) atoms. The van der Waals surface area contributed by atoms with Crippen molar-refractivity contribution in [2.75, 3.05) is 11.6 Å². The Morgan fingerprint density at radius 1 is 0.974 bits per heavy atom. The van der Waals surface area contributed by atoms with Crippen LogP contribution in [0.3, 0.4) is 0 Å². The normalized spacial score (nSPS) is 13.1. The van der Waals surface area contributed by atoms with Crippen molar-refractivity contribution in [3.05, 3.63) is 95.3 Å². The number of ether oxygens (including phenoxy) is 1. The molecule has 13 heteroatoms. The number of halogens is 5. The molecule has 0 saturated heterocycles. The molecular weight excluding hydrogens is 529 g/mol. The predicted molar refractivity (Wildman–Crippen MR) is 131 cm³/mol. The Hall–Kier alpha value is -4.13. The number of alkyl halides is 3. The number of aromatic nitrogens is 3. The molecule has 0 fully saturated rings. The van der Waals surface area contributed by atoms with Crippen molar-refractivity contribution in [3.63, 3.8) is 0 Å². The highest BCUT2D eigenvalue weighted by atomic mass is 32.2. The van der Waals surface area contributed by atoms with Crippen molar-refractivity contribution in [1.29, 1.82) is 4.78 Å². The van der Waals surface area contributed by atoms with Gasteiger partial charge in [-0.1, -0.05) is 12.1 Å². The topological polar surface area (TPSA) is 101 Å². The standard InChI is InChI=1S/C25H20F5N5O2S/c1-38(31,36)13-15-3-2-4-20(9-15)34-24-33-14-32-23(35-24)21-6-5-18(26)11-22(21)37-12-16-7-17(25(28,29)30)10-19(27)8-16/h2-11,14,31H,12-13H2,1H3,(H,32,33,34,35). The van der Waals surface area contributed by atoms with Gasteiger partial charge in [0.2, 0.25) is 5.95 Å². The maximum Gasteiger partial charge on any atom is 0.416 e. The van der Waals surface area contributed by atoms with E-state index in [1.165, 1.54) is 18.6 Å². The summed E-state index contributed by atoms with van der Waals surface area (Å²) in [6.45, 7) is -0.475. The van der Waals surface area contributed by atoms with Gasteiger partial charge in [0.25, 0.3) is 0 Å². The van der Waals surface area contributed by atoms with Crippen molar-refractivity contribution in [3.8, 4) is 17.1 Å². The molecule has 0 saturated carbocycles. The Balaban J connectivity index is 1.58. The van der Waals surface area contributed by atoms with Crippen LogP contribution in [0.25, 0.3) is 11.4 Å². The van der Waals surface area contributed by atoms with Gasteiger partial charge in [-0.05, 0) is 53.6 Å². The monoisotopic (exact) mass is 549 g/mol. The van der Waals surface area contributed by atoms with Crippen molar-refractivity contribution in [2.24, 2.45) is 0 Å². The van der Waals surface area contributed by atoms with Crippen molar-refractivity contribution in [2.45, 2.75) is 18.5 Å². The lowest BCUT2D eigenvalue weighted by atomic mass is 10.1. The van der Waals surface area contributed by atoms with Crippen LogP contribution in [0.15, 0.2) is 67.0 Å². The van der Waals surface area contributed by atoms with Gasteiger partial charge in [0.15, 0.2) is 5.82 Å². The van der Waals surface area contributed by atoms with E-state index in [0.717, 1.165) is 24.3 Å². The van der Waals surface area contributed by atoms with E-state index in [1.54, 1.807) is 24.3 Å². The first-order chi connectivity index (χ1) is 17.9. The van der Waals surface area contributed by atoms with Crippen molar-refractivity contribution >= 4 is 21.4 Å². The van der Waals surface area contributed by atoms with E-state index in [9.17, 15) is 26.2 Å². The number of benzene rings is 3. The molecule has 1 atom stereocenters. The maximum absolute atomic E-state index is 14.0. The summed E-state index contributed by atoms with van der Waals surface area (Å²) >= 11 is 0. The van der Waals surface area contributed by atoms with Crippen molar-refractivity contribution in [1.82, 2.24) is 15.0 Å². The Labute approximate surface area is 214 Å². The number of hydrogen-bond acceptors (Lipinski definition) is 7. The lowest BCUT2D eigenvalue weighted by Crippen LogP contribution is -2.08. The van der Waals surface area contributed by atoms with Crippen LogP contribution in [0.4, 0.5) is 33.6 Å². The molecule has 1 aromatic heterocycles. The molecule has 7 nitrogen and oxygen atoms in total. The quantitative estimate of drug-likeness (QED) is 0.249. The van der Waals surface area contributed by atoms with Gasteiger partial charge in [-0.3, -0.25) is 4.78 Å². The smallest absolute Gasteiger partial charge is 0.416 e. The third-order valence-electron chi connectivity index (χ3n) is 5.06. The Morgan fingerprint density at radius 2 is 1.76 bits per heavy atom. The second kappa shape index (κ2) is 10.7. The van der Waals surface area contributed by atoms with Gasteiger partial charge >= 0.3 is 6.18 Å². The second-order valence-corrected chi connectivity index (χ2v) is 10.7. The molecule has 0 spiro atoms. The van der Waals surface area contributed by atoms with E-state index >= 15 is 0 Å². The molecule has 3 aromatic carbocycles. The summed E-state index contributed by atoms with van der Waals surface area (Å²) in [4.78, 5) is 12.5. The van der Waals surface area contributed by atoms with Gasteiger partial charge in [-0.25, -0.2) is 23.0 Å². The lowest BCUT2D eigenvalue weighted by molar-refractivity contribution is -0.137. The van der Waals surface area contributed by atoms with E-state index in [-0.39, 0.29) is 34.4 Å². The maximum atomic E-state index is 14.0. The Morgan fingerprint density at radius 3 is 2.50 bits per heavy atom. The molecule has 1 unspecified atom stereocenters. The zero-order valence-corrected chi connectivity index (χ0v) is 20.5. The molecule has 1 heterocycles. The van der Waals surface area contributed by atoms with Gasteiger partial charge in [-0.2, -0.15) is 18.2 Å². The fourth-order valence-electron chi connectivity index (χ4n) is 3.53. The summed E-state index contributed by atoms with van der Waals surface area (Å²) in [6, 6.07) is 12.4. The zero-order valence-electron chi connectivity index (χ0n) is 19.7. The number of hydrogen-bond donors (Lipinski definition) is 2. The summed E-state index contributed by atoms with van der Waals surface area (Å²) < 4.78 is 91.8. The molecule has 0 aliphatic carbocycles. The van der Waals surface area contributed by atoms with Crippen LogP contribution in [0, 0.1) is 16.4 Å². The largest absolute Gasteiger partial charge is 0.488 e. The van der Waals surface area contributed by atoms with Gasteiger partial charge in [0.05, 0.1) is 16.9 Å². The minimum Gasteiger partial charge on any atom is -0.488 e. The number of anilines is 2. The lowest BCUT2D eigenvalue weighted by Gasteiger charge is -2.13. The molecule has 0 aliphatic heterocycles. The van der Waals surface area contributed by atoms with Crippen molar-refractivity contribution < 1.29 is 30.9 Å². The summed E-state index contributed by atoms with van der Waals surface area (Å²) in [7, 11) is -2.75. The number of rotatable bonds is 8. The Bertz CT molecular complexity index is 1580. The summed E-state index contributed by atoms with van der Waals surface area (Å²) in [6.07, 6.45) is -2.20. The molecule has 0 radical (unpaired) electrons. The van der Waals surface area contributed by atoms with Gasteiger partial charge in [-0.15, -0.1) is 0 Å². The van der Waals surface area contributed by atoms with Gasteiger partial charge < -0.3 is 10.1 Å². The fourth-order valence-corrected chi connectivity index (χ4v) is 4.35. The van der Waals surface area contributed by atoms with Crippen LogP contribution >= 0.6 is 0 Å². The van der Waals surface area contributed by atoms with Crippen LogP contribution < -0.4 is 10.1 Å². The SMILES string of the molecule is CS(=N)(=O)Cc1cccc(Nc2ncnc(-c3ccc(F)cc3OCc3cc(F)cc(C(F)(F)F)c3)n2)c1. The highest BCUT2D eigenvalue weighted by Gasteiger charge is 2.31. The molecular formula is C25H20F5N5O2S. The van der Waals surface area contributed by atoms with E-state index in [0.29, 0.717) is 17.3 Å². The fraction of sp³-hybridized carbons (Fsp3) is 0.160. The summed E-state index contributed by atoms with van der Waals surface area (Å²) in [5.41, 5.74) is 0.182. The molecule has 2 N–H and O–H groups in total. The van der Waals surface area contributed by atoms with Crippen LogP contribution in [0.1, 0.15) is 16.7 Å². The third-order valence-corrected chi connectivity index (χ3v) is 5.95. The molecule has 0 aliphatic rings. The van der Waals surface area contributed by atoms with Crippen LogP contribution in [0.5, 0.6) is 5.75 Å². The first-order valence-electron chi connectivity index (χ1n) is 10.9. The van der Waals surface area contributed by atoms with E-state index in [1.807, 2.05) is 0 Å². The van der Waals surface area contributed by atoms with Gasteiger partial charge in [0.1, 0.15) is 30.3 Å². The third kappa shape index (κ3) is 7.22. The Kier molecular flexibility index (Phi) is 7.58. The van der Waals surface area contributed by atoms with Crippen LogP contribution in [0.2, 0.25) is 0 Å².